The Morgan fingerprint density at radius 2 is 1.80 bits per heavy atom. The lowest BCUT2D eigenvalue weighted by Gasteiger charge is -2.09. The number of nitriles is 1. The van der Waals surface area contributed by atoms with Crippen LogP contribution in [0.5, 0.6) is 0 Å². The van der Waals surface area contributed by atoms with Crippen molar-refractivity contribution in [2.45, 2.75) is 18.1 Å². The van der Waals surface area contributed by atoms with Crippen molar-refractivity contribution in [3.05, 3.63) is 45.7 Å². The van der Waals surface area contributed by atoms with Gasteiger partial charge in [-0.05, 0) is 18.2 Å². The highest BCUT2D eigenvalue weighted by molar-refractivity contribution is 7.91. The molecule has 0 aliphatic rings. The fraction of sp³-hybridized carbons (Fsp3) is 0.238. The Kier molecular flexibility index (Phi) is 6.07. The van der Waals surface area contributed by atoms with E-state index in [9.17, 15) is 26.9 Å². The van der Waals surface area contributed by atoms with Crippen LogP contribution in [0.1, 0.15) is 18.2 Å². The molecule has 0 atom stereocenters. The average Bonchev–Trinajstić information content (AvgIpc) is 3.30. The summed E-state index contributed by atoms with van der Waals surface area (Å²) in [6.45, 7) is 1.45. The highest BCUT2D eigenvalue weighted by Gasteiger charge is 2.34. The SMILES string of the molecule is CCS(=O)(=O)c1c(-c2nc3cc(C(F)(F)F)ncc3n2C)nc(-c2ccc(Cl)c(C#N)c2Cl)n1C. The highest BCUT2D eigenvalue weighted by atomic mass is 35.5. The Balaban J connectivity index is 2.05. The van der Waals surface area contributed by atoms with Gasteiger partial charge < -0.3 is 9.13 Å². The lowest BCUT2D eigenvalue weighted by atomic mass is 10.1. The van der Waals surface area contributed by atoms with Crippen molar-refractivity contribution < 1.29 is 21.6 Å². The first kappa shape index (κ1) is 25.0. The molecule has 0 aliphatic carbocycles. The van der Waals surface area contributed by atoms with Crippen LogP contribution in [0.2, 0.25) is 10.0 Å². The van der Waals surface area contributed by atoms with E-state index >= 15 is 0 Å². The number of aryl methyl sites for hydroxylation is 1. The predicted molar refractivity (Wildman–Crippen MR) is 124 cm³/mol. The summed E-state index contributed by atoms with van der Waals surface area (Å²) in [5, 5.41) is 9.28. The third kappa shape index (κ3) is 4.03. The number of benzene rings is 1. The Morgan fingerprint density at radius 3 is 2.40 bits per heavy atom. The Morgan fingerprint density at radius 1 is 1.11 bits per heavy atom. The van der Waals surface area contributed by atoms with Gasteiger partial charge in [0.2, 0.25) is 0 Å². The monoisotopic (exact) mass is 542 g/mol. The number of rotatable bonds is 4. The van der Waals surface area contributed by atoms with Crippen LogP contribution < -0.4 is 0 Å². The maximum absolute atomic E-state index is 13.1. The Labute approximate surface area is 207 Å². The molecule has 0 saturated carbocycles. The fourth-order valence-electron chi connectivity index (χ4n) is 3.65. The van der Waals surface area contributed by atoms with E-state index in [-0.39, 0.29) is 60.3 Å². The number of imidazole rings is 2. The van der Waals surface area contributed by atoms with Gasteiger partial charge in [-0.1, -0.05) is 30.1 Å². The van der Waals surface area contributed by atoms with Crippen molar-refractivity contribution >= 4 is 44.1 Å². The molecular formula is C21H15Cl2F3N6O2S. The molecule has 0 bridgehead atoms. The van der Waals surface area contributed by atoms with E-state index in [0.29, 0.717) is 0 Å². The van der Waals surface area contributed by atoms with Gasteiger partial charge in [-0.15, -0.1) is 0 Å². The van der Waals surface area contributed by atoms with E-state index in [1.54, 1.807) is 0 Å². The Hall–Kier alpha value is -3.14. The normalized spacial score (nSPS) is 12.3. The second kappa shape index (κ2) is 8.51. The van der Waals surface area contributed by atoms with Gasteiger partial charge in [0.1, 0.15) is 23.3 Å². The second-order valence-corrected chi connectivity index (χ2v) is 10.5. The van der Waals surface area contributed by atoms with Crippen molar-refractivity contribution in [2.24, 2.45) is 14.1 Å². The first-order valence-corrected chi connectivity index (χ1v) is 12.3. The zero-order chi connectivity index (χ0) is 25.9. The second-order valence-electron chi connectivity index (χ2n) is 7.50. The number of sulfone groups is 1. The van der Waals surface area contributed by atoms with Crippen LogP contribution in [0.15, 0.2) is 29.4 Å². The van der Waals surface area contributed by atoms with Crippen LogP contribution in [0.25, 0.3) is 33.9 Å². The lowest BCUT2D eigenvalue weighted by molar-refractivity contribution is -0.141. The van der Waals surface area contributed by atoms with E-state index in [4.69, 9.17) is 23.2 Å². The van der Waals surface area contributed by atoms with Crippen molar-refractivity contribution in [1.82, 2.24) is 24.1 Å². The standard InChI is InChI=1S/C21H15Cl2F3N6O2S/c1-4-35(33,34)20-17(19-29-13-7-15(21(24,25)26)28-9-14(13)31(19)2)30-18(32(20)3)10-5-6-12(22)11(8-27)16(10)23/h5-7,9H,4H2,1-3H3. The molecule has 3 aromatic heterocycles. The molecule has 182 valence electrons. The summed E-state index contributed by atoms with van der Waals surface area (Å²) in [6.07, 6.45) is -3.66. The summed E-state index contributed by atoms with van der Waals surface area (Å²) in [5.74, 6) is -0.160. The molecule has 0 radical (unpaired) electrons. The van der Waals surface area contributed by atoms with Gasteiger partial charge in [0.25, 0.3) is 0 Å². The molecule has 35 heavy (non-hydrogen) atoms. The largest absolute Gasteiger partial charge is 0.433 e. The van der Waals surface area contributed by atoms with E-state index in [2.05, 4.69) is 15.0 Å². The Bertz CT molecular complexity index is 1650. The molecule has 0 aliphatic heterocycles. The molecule has 0 spiro atoms. The van der Waals surface area contributed by atoms with E-state index in [1.165, 1.54) is 42.3 Å². The van der Waals surface area contributed by atoms with Gasteiger partial charge in [-0.25, -0.2) is 23.4 Å². The molecule has 0 unspecified atom stereocenters. The minimum absolute atomic E-state index is 0.0104. The number of nitrogens with zero attached hydrogens (tertiary/aromatic N) is 6. The summed E-state index contributed by atoms with van der Waals surface area (Å²) in [7, 11) is -0.931. The van der Waals surface area contributed by atoms with E-state index < -0.39 is 21.7 Å². The number of aromatic nitrogens is 5. The molecule has 0 N–H and O–H groups in total. The van der Waals surface area contributed by atoms with Crippen molar-refractivity contribution in [2.75, 3.05) is 5.75 Å². The highest BCUT2D eigenvalue weighted by Crippen LogP contribution is 2.38. The van der Waals surface area contributed by atoms with E-state index in [0.717, 1.165) is 12.3 Å². The van der Waals surface area contributed by atoms with Crippen LogP contribution in [0.4, 0.5) is 13.2 Å². The maximum atomic E-state index is 13.1. The average molecular weight is 543 g/mol. The summed E-state index contributed by atoms with van der Waals surface area (Å²) in [6, 6.07) is 5.61. The molecular weight excluding hydrogens is 528 g/mol. The molecule has 14 heteroatoms. The van der Waals surface area contributed by atoms with Crippen molar-refractivity contribution in [1.29, 1.82) is 5.26 Å². The minimum atomic E-state index is -4.68. The molecule has 8 nitrogen and oxygen atoms in total. The molecule has 3 heterocycles. The summed E-state index contributed by atoms with van der Waals surface area (Å²) >= 11 is 12.4. The summed E-state index contributed by atoms with van der Waals surface area (Å²) < 4.78 is 68.3. The van der Waals surface area contributed by atoms with Crippen LogP contribution in [-0.2, 0) is 30.1 Å². The predicted octanol–water partition coefficient (Wildman–Crippen LogP) is 5.03. The van der Waals surface area contributed by atoms with Gasteiger partial charge in [-0.3, -0.25) is 0 Å². The lowest BCUT2D eigenvalue weighted by Crippen LogP contribution is -2.11. The number of fused-ring (bicyclic) bond motifs is 1. The maximum Gasteiger partial charge on any atom is 0.433 e. The molecule has 4 rings (SSSR count). The van der Waals surface area contributed by atoms with Crippen molar-refractivity contribution in [3.8, 4) is 29.0 Å². The molecule has 1 aromatic carbocycles. The molecule has 0 saturated heterocycles. The minimum Gasteiger partial charge on any atom is -0.324 e. The third-order valence-corrected chi connectivity index (χ3v) is 7.95. The summed E-state index contributed by atoms with van der Waals surface area (Å²) in [5.41, 5.74) is -0.766. The zero-order valence-corrected chi connectivity index (χ0v) is 20.6. The van der Waals surface area contributed by atoms with Crippen molar-refractivity contribution in [3.63, 3.8) is 0 Å². The first-order chi connectivity index (χ1) is 16.3. The number of halogens is 5. The first-order valence-electron chi connectivity index (χ1n) is 9.89. The smallest absolute Gasteiger partial charge is 0.324 e. The number of hydrogen-bond acceptors (Lipinski definition) is 6. The number of alkyl halides is 3. The van der Waals surface area contributed by atoms with Crippen LogP contribution >= 0.6 is 23.2 Å². The van der Waals surface area contributed by atoms with Gasteiger partial charge in [0, 0.05) is 19.7 Å². The van der Waals surface area contributed by atoms with Gasteiger partial charge in [0.05, 0.1) is 38.6 Å². The van der Waals surface area contributed by atoms with Crippen LogP contribution in [0.3, 0.4) is 0 Å². The third-order valence-electron chi connectivity index (χ3n) is 5.43. The summed E-state index contributed by atoms with van der Waals surface area (Å²) in [4.78, 5) is 12.2. The fourth-order valence-corrected chi connectivity index (χ4v) is 5.39. The molecule has 4 aromatic rings. The number of pyridine rings is 1. The molecule has 0 amide bonds. The number of hydrogen-bond donors (Lipinski definition) is 0. The van der Waals surface area contributed by atoms with E-state index in [1.807, 2.05) is 6.07 Å². The topological polar surface area (TPSA) is 106 Å². The van der Waals surface area contributed by atoms with Crippen LogP contribution in [-0.4, -0.2) is 38.3 Å². The zero-order valence-electron chi connectivity index (χ0n) is 18.3. The van der Waals surface area contributed by atoms with Gasteiger partial charge in [-0.2, -0.15) is 18.4 Å². The quantitative estimate of drug-likeness (QED) is 0.358. The molecule has 0 fully saturated rings. The van der Waals surface area contributed by atoms with Gasteiger partial charge in [0.15, 0.2) is 20.7 Å². The van der Waals surface area contributed by atoms with Crippen LogP contribution in [0, 0.1) is 11.3 Å². The van der Waals surface area contributed by atoms with Gasteiger partial charge >= 0.3 is 6.18 Å².